The van der Waals surface area contributed by atoms with Gasteiger partial charge in [-0.15, -0.1) is 0 Å². The summed E-state index contributed by atoms with van der Waals surface area (Å²) < 4.78 is 0. The molecule has 3 nitrogen and oxygen atoms in total. The number of quaternary nitrogens is 1. The van der Waals surface area contributed by atoms with Gasteiger partial charge in [0.05, 0.1) is 7.05 Å². The molecule has 0 spiro atoms. The predicted octanol–water partition coefficient (Wildman–Crippen LogP) is 0.960. The summed E-state index contributed by atoms with van der Waals surface area (Å²) in [6.45, 7) is 2.01. The van der Waals surface area contributed by atoms with Crippen molar-refractivity contribution in [2.45, 2.75) is 19.1 Å². The second-order valence-electron chi connectivity index (χ2n) is 3.14. The van der Waals surface area contributed by atoms with E-state index in [2.05, 4.69) is 12.2 Å². The highest BCUT2D eigenvalue weighted by molar-refractivity contribution is 7.78. The fraction of sp³-hybridized carbons (Fsp3) is 0.364. The van der Waals surface area contributed by atoms with Gasteiger partial charge in [-0.3, -0.25) is 0 Å². The molecule has 0 bridgehead atoms. The van der Waals surface area contributed by atoms with Gasteiger partial charge in [0.2, 0.25) is 0 Å². The summed E-state index contributed by atoms with van der Waals surface area (Å²) in [6.07, 6.45) is -0.365. The molecule has 0 radical (unpaired) electrons. The fourth-order valence-electron chi connectivity index (χ4n) is 1.14. The Hall–Kier alpha value is -1.06. The van der Waals surface area contributed by atoms with Crippen LogP contribution in [0.4, 0.5) is 0 Å². The molecule has 0 aromatic heterocycles. The average Bonchev–Trinajstić information content (AvgIpc) is 2.29. The van der Waals surface area contributed by atoms with Crippen molar-refractivity contribution in [3.8, 4) is 0 Å². The molecule has 2 atom stereocenters. The van der Waals surface area contributed by atoms with Crippen molar-refractivity contribution < 1.29 is 10.4 Å². The number of benzene rings is 1. The summed E-state index contributed by atoms with van der Waals surface area (Å²) in [5.74, 6) is 0. The van der Waals surface area contributed by atoms with Crippen LogP contribution >= 0.6 is 12.2 Å². The molecule has 0 aliphatic rings. The Morgan fingerprint density at radius 2 is 1.87 bits per heavy atom. The Labute approximate surface area is 95.7 Å². The molecule has 0 saturated heterocycles. The van der Waals surface area contributed by atoms with Crippen molar-refractivity contribution in [3.05, 3.63) is 41.3 Å². The standard InChI is InChI=1S/C10H15NO.CNS/c1-8(11-2)10(12)9-6-4-3-5-7-9;2-1-3/h3-8,10-12H,1-2H3;/q;-1/p+1/t8-,10-;/m1./s1. The van der Waals surface area contributed by atoms with Gasteiger partial charge in [-0.25, -0.2) is 0 Å². The molecule has 82 valence electrons. The number of rotatable bonds is 3. The summed E-state index contributed by atoms with van der Waals surface area (Å²) in [4.78, 5) is 0. The fourth-order valence-corrected chi connectivity index (χ4v) is 1.14. The molecule has 1 aromatic rings. The van der Waals surface area contributed by atoms with E-state index in [4.69, 9.17) is 5.41 Å². The van der Waals surface area contributed by atoms with E-state index in [1.807, 2.05) is 49.6 Å². The number of hydrogen-bond donors (Lipinski definition) is 2. The zero-order valence-corrected chi connectivity index (χ0v) is 9.74. The molecule has 0 aliphatic heterocycles. The largest absolute Gasteiger partial charge is 0.753 e. The van der Waals surface area contributed by atoms with Gasteiger partial charge in [0, 0.05) is 0 Å². The zero-order valence-electron chi connectivity index (χ0n) is 8.92. The van der Waals surface area contributed by atoms with Gasteiger partial charge >= 0.3 is 0 Å². The van der Waals surface area contributed by atoms with Crippen LogP contribution < -0.4 is 5.32 Å². The summed E-state index contributed by atoms with van der Waals surface area (Å²) in [7, 11) is 1.97. The van der Waals surface area contributed by atoms with Gasteiger partial charge in [-0.1, -0.05) is 42.5 Å². The van der Waals surface area contributed by atoms with E-state index in [-0.39, 0.29) is 12.1 Å². The third-order valence-electron chi connectivity index (χ3n) is 2.16. The Morgan fingerprint density at radius 3 is 2.27 bits per heavy atom. The zero-order chi connectivity index (χ0) is 11.7. The molecule has 3 N–H and O–H groups in total. The average molecular weight is 224 g/mol. The third-order valence-corrected chi connectivity index (χ3v) is 2.16. The number of isothiocyanates is 1. The predicted molar refractivity (Wildman–Crippen MR) is 64.7 cm³/mol. The second kappa shape index (κ2) is 8.26. The second-order valence-corrected chi connectivity index (χ2v) is 3.32. The van der Waals surface area contributed by atoms with Crippen LogP contribution in [0, 0.1) is 0 Å². The SMILES string of the molecule is C[NH2+][C@H](C)[C@@H](O)c1ccccc1.[N-]=C=S. The number of nitrogens with two attached hydrogens (primary N) is 1. The van der Waals surface area contributed by atoms with E-state index in [9.17, 15) is 5.11 Å². The Bertz CT molecular complexity index is 297. The molecular weight excluding hydrogens is 208 g/mol. The van der Waals surface area contributed by atoms with E-state index >= 15 is 0 Å². The van der Waals surface area contributed by atoms with Crippen LogP contribution in [-0.4, -0.2) is 23.4 Å². The molecule has 1 aromatic carbocycles. The first kappa shape index (κ1) is 13.9. The molecule has 0 heterocycles. The third kappa shape index (κ3) is 5.40. The molecule has 0 amide bonds. The minimum Gasteiger partial charge on any atom is -0.753 e. The number of nitrogens with zero attached hydrogens (tertiary/aromatic N) is 1. The number of hydrogen-bond acceptors (Lipinski definition) is 2. The highest BCUT2D eigenvalue weighted by Gasteiger charge is 2.16. The van der Waals surface area contributed by atoms with Crippen LogP contribution in [-0.2, 0) is 0 Å². The van der Waals surface area contributed by atoms with Crippen molar-refractivity contribution >= 4 is 17.4 Å². The highest BCUT2D eigenvalue weighted by atomic mass is 32.1. The van der Waals surface area contributed by atoms with Gasteiger partial charge in [0.25, 0.3) is 0 Å². The summed E-state index contributed by atoms with van der Waals surface area (Å²) >= 11 is 3.70. The molecule has 0 aliphatic carbocycles. The monoisotopic (exact) mass is 224 g/mol. The van der Waals surface area contributed by atoms with Crippen LogP contribution in [0.15, 0.2) is 30.3 Å². The van der Waals surface area contributed by atoms with Gasteiger partial charge in [-0.2, -0.15) is 5.16 Å². The molecule has 0 fully saturated rings. The van der Waals surface area contributed by atoms with Crippen molar-refractivity contribution in [3.63, 3.8) is 0 Å². The lowest BCUT2D eigenvalue weighted by molar-refractivity contribution is -0.669. The van der Waals surface area contributed by atoms with E-state index in [1.54, 1.807) is 0 Å². The van der Waals surface area contributed by atoms with Crippen molar-refractivity contribution in [2.24, 2.45) is 0 Å². The van der Waals surface area contributed by atoms with Crippen molar-refractivity contribution in [1.29, 1.82) is 0 Å². The lowest BCUT2D eigenvalue weighted by Gasteiger charge is -2.15. The number of aliphatic hydroxyl groups excluding tert-OH is 1. The first-order valence-electron chi connectivity index (χ1n) is 4.71. The van der Waals surface area contributed by atoms with E-state index in [1.165, 1.54) is 5.16 Å². The topological polar surface area (TPSA) is 59.1 Å². The lowest BCUT2D eigenvalue weighted by Crippen LogP contribution is -2.86. The van der Waals surface area contributed by atoms with Crippen LogP contribution in [0.3, 0.4) is 0 Å². The normalized spacial score (nSPS) is 13.0. The molecular formula is C11H16N2OS. The van der Waals surface area contributed by atoms with Crippen LogP contribution in [0.25, 0.3) is 5.41 Å². The lowest BCUT2D eigenvalue weighted by atomic mass is 10.0. The van der Waals surface area contributed by atoms with E-state index < -0.39 is 0 Å². The van der Waals surface area contributed by atoms with Crippen LogP contribution in [0.2, 0.25) is 0 Å². The Kier molecular flexibility index (Phi) is 7.68. The number of thiocarbonyl (C=S) groups is 1. The minimum atomic E-state index is -0.365. The maximum absolute atomic E-state index is 9.76. The molecule has 4 heteroatoms. The summed E-state index contributed by atoms with van der Waals surface area (Å²) in [5, 5.41) is 20.2. The smallest absolute Gasteiger partial charge is 0.130 e. The van der Waals surface area contributed by atoms with E-state index in [0.717, 1.165) is 5.56 Å². The quantitative estimate of drug-likeness (QED) is 0.593. The first-order chi connectivity index (χ1) is 7.17. The van der Waals surface area contributed by atoms with Crippen molar-refractivity contribution in [2.75, 3.05) is 7.05 Å². The molecule has 15 heavy (non-hydrogen) atoms. The van der Waals surface area contributed by atoms with Crippen LogP contribution in [0.5, 0.6) is 0 Å². The molecule has 0 saturated carbocycles. The molecule has 1 rings (SSSR count). The summed E-state index contributed by atoms with van der Waals surface area (Å²) in [6, 6.07) is 9.96. The minimum absolute atomic E-state index is 0.215. The maximum Gasteiger partial charge on any atom is 0.130 e. The van der Waals surface area contributed by atoms with Gasteiger partial charge < -0.3 is 15.8 Å². The van der Waals surface area contributed by atoms with Gasteiger partial charge in [0.1, 0.15) is 12.1 Å². The Balaban J connectivity index is 0.000000583. The number of likely N-dealkylation sites (N-methyl/N-ethyl adjacent to an activating group) is 1. The van der Waals surface area contributed by atoms with Crippen molar-refractivity contribution in [1.82, 2.24) is 0 Å². The van der Waals surface area contributed by atoms with Gasteiger partial charge in [0.15, 0.2) is 0 Å². The molecule has 0 unspecified atom stereocenters. The van der Waals surface area contributed by atoms with Gasteiger partial charge in [-0.05, 0) is 12.5 Å². The summed E-state index contributed by atoms with van der Waals surface area (Å²) in [5.41, 5.74) is 0.989. The number of aliphatic hydroxyl groups is 1. The highest BCUT2D eigenvalue weighted by Crippen LogP contribution is 2.13. The maximum atomic E-state index is 9.76. The van der Waals surface area contributed by atoms with E-state index in [0.29, 0.717) is 0 Å². The first-order valence-corrected chi connectivity index (χ1v) is 5.11. The van der Waals surface area contributed by atoms with Crippen LogP contribution in [0.1, 0.15) is 18.6 Å². The Morgan fingerprint density at radius 1 is 1.40 bits per heavy atom.